The number of rotatable bonds is 4. The zero-order valence-corrected chi connectivity index (χ0v) is 16.1. The molecule has 130 valence electrons. The van der Waals surface area contributed by atoms with Crippen LogP contribution in [-0.2, 0) is 4.79 Å². The molecule has 1 amide bonds. The summed E-state index contributed by atoms with van der Waals surface area (Å²) in [6.45, 7) is 8.15. The van der Waals surface area contributed by atoms with Crippen LogP contribution in [0, 0.1) is 11.8 Å². The molecule has 1 aliphatic rings. The second-order valence-corrected chi connectivity index (χ2v) is 7.74. The molecule has 0 unspecified atom stereocenters. The van der Waals surface area contributed by atoms with Gasteiger partial charge in [0.2, 0.25) is 5.91 Å². The summed E-state index contributed by atoms with van der Waals surface area (Å²) in [6, 6.07) is 0. The van der Waals surface area contributed by atoms with Crippen molar-refractivity contribution in [1.29, 1.82) is 0 Å². The molecule has 1 saturated heterocycles. The summed E-state index contributed by atoms with van der Waals surface area (Å²) in [7, 11) is 0. The Morgan fingerprint density at radius 2 is 2.33 bits per heavy atom. The van der Waals surface area contributed by atoms with Crippen molar-refractivity contribution in [3.05, 3.63) is 16.9 Å². The summed E-state index contributed by atoms with van der Waals surface area (Å²) in [6.07, 6.45) is 7.38. The van der Waals surface area contributed by atoms with Crippen LogP contribution in [0.3, 0.4) is 0 Å². The summed E-state index contributed by atoms with van der Waals surface area (Å²) >= 11 is 3.68. The molecule has 2 aromatic rings. The number of carbonyl (C=O) groups is 1. The van der Waals surface area contributed by atoms with Gasteiger partial charge in [0.05, 0.1) is 21.2 Å². The van der Waals surface area contributed by atoms with Crippen LogP contribution in [0.5, 0.6) is 0 Å². The highest BCUT2D eigenvalue weighted by atomic mass is 79.9. The molecule has 1 aliphatic heterocycles. The predicted molar refractivity (Wildman–Crippen MR) is 102 cm³/mol. The van der Waals surface area contributed by atoms with Gasteiger partial charge in [-0.15, -0.1) is 0 Å². The summed E-state index contributed by atoms with van der Waals surface area (Å²) in [5.74, 6) is 0.686. The van der Waals surface area contributed by atoms with Gasteiger partial charge in [-0.1, -0.05) is 27.2 Å². The number of anilines is 2. The van der Waals surface area contributed by atoms with E-state index in [9.17, 15) is 4.79 Å². The van der Waals surface area contributed by atoms with E-state index >= 15 is 0 Å². The molecular weight excluding hydrogens is 368 g/mol. The average Bonchev–Trinajstić information content (AvgIpc) is 2.97. The van der Waals surface area contributed by atoms with Crippen LogP contribution < -0.4 is 10.2 Å². The Morgan fingerprint density at radius 3 is 3.04 bits per heavy atom. The standard InChI is InChI=1S/C18H25BrN4O/c1-4-12-6-5-7-23(10-12)16-13(19)8-20-17-15(16)14(9-21-17)22-18(24)11(2)3/h8-9,11-12H,4-7,10H2,1-3H3,(H,20,21)(H,22,24)/t12-/m1/s1. The number of halogens is 1. The van der Waals surface area contributed by atoms with E-state index in [0.29, 0.717) is 0 Å². The van der Waals surface area contributed by atoms with E-state index in [4.69, 9.17) is 0 Å². The van der Waals surface area contributed by atoms with Crippen LogP contribution in [0.4, 0.5) is 11.4 Å². The Balaban J connectivity index is 2.04. The fourth-order valence-electron chi connectivity index (χ4n) is 3.34. The van der Waals surface area contributed by atoms with Gasteiger partial charge in [-0.3, -0.25) is 4.79 Å². The minimum atomic E-state index is -0.0574. The Labute approximate surface area is 151 Å². The average molecular weight is 393 g/mol. The van der Waals surface area contributed by atoms with Gasteiger partial charge in [-0.25, -0.2) is 4.98 Å². The molecule has 0 aromatic carbocycles. The van der Waals surface area contributed by atoms with E-state index in [0.717, 1.165) is 45.9 Å². The Morgan fingerprint density at radius 1 is 1.54 bits per heavy atom. The number of hydrogen-bond donors (Lipinski definition) is 2. The number of piperidine rings is 1. The summed E-state index contributed by atoms with van der Waals surface area (Å²) in [4.78, 5) is 22.2. The minimum absolute atomic E-state index is 0.0203. The van der Waals surface area contributed by atoms with Gasteiger partial charge in [-0.2, -0.15) is 0 Å². The maximum Gasteiger partial charge on any atom is 0.226 e. The molecule has 3 rings (SSSR count). The molecule has 3 heterocycles. The van der Waals surface area contributed by atoms with Gasteiger partial charge in [0.15, 0.2) is 0 Å². The number of aromatic amines is 1. The van der Waals surface area contributed by atoms with Gasteiger partial charge < -0.3 is 15.2 Å². The molecule has 0 spiro atoms. The topological polar surface area (TPSA) is 61.0 Å². The van der Waals surface area contributed by atoms with Gasteiger partial charge in [0.1, 0.15) is 5.65 Å². The molecule has 1 atom stereocenters. The number of amides is 1. The summed E-state index contributed by atoms with van der Waals surface area (Å²) in [5, 5.41) is 4.03. The second-order valence-electron chi connectivity index (χ2n) is 6.89. The molecule has 5 nitrogen and oxygen atoms in total. The predicted octanol–water partition coefficient (Wildman–Crippen LogP) is 4.55. The highest BCUT2D eigenvalue weighted by Crippen LogP contribution is 2.39. The molecule has 1 fully saturated rings. The van der Waals surface area contributed by atoms with Crippen LogP contribution in [0.25, 0.3) is 11.0 Å². The zero-order chi connectivity index (χ0) is 17.3. The molecule has 0 radical (unpaired) electrons. The van der Waals surface area contributed by atoms with Crippen molar-refractivity contribution in [2.45, 2.75) is 40.0 Å². The van der Waals surface area contributed by atoms with Gasteiger partial charge in [-0.05, 0) is 34.7 Å². The number of H-pyrrole nitrogens is 1. The fraction of sp³-hybridized carbons (Fsp3) is 0.556. The third kappa shape index (κ3) is 3.29. The summed E-state index contributed by atoms with van der Waals surface area (Å²) < 4.78 is 0.978. The Kier molecular flexibility index (Phi) is 5.13. The second kappa shape index (κ2) is 7.13. The highest BCUT2D eigenvalue weighted by Gasteiger charge is 2.24. The minimum Gasteiger partial charge on any atom is -0.370 e. The van der Waals surface area contributed by atoms with E-state index in [2.05, 4.69) is 43.0 Å². The van der Waals surface area contributed by atoms with E-state index < -0.39 is 0 Å². The first-order valence-corrected chi connectivity index (χ1v) is 9.52. The molecule has 0 saturated carbocycles. The number of aromatic nitrogens is 2. The smallest absolute Gasteiger partial charge is 0.226 e. The maximum absolute atomic E-state index is 12.2. The lowest BCUT2D eigenvalue weighted by Crippen LogP contribution is -2.35. The SMILES string of the molecule is CC[C@@H]1CCCN(c2c(Br)cnc3[nH]cc(NC(=O)C(C)C)c23)C1. The summed E-state index contributed by atoms with van der Waals surface area (Å²) in [5.41, 5.74) is 2.76. The van der Waals surface area contributed by atoms with Gasteiger partial charge in [0.25, 0.3) is 0 Å². The number of fused-ring (bicyclic) bond motifs is 1. The monoisotopic (exact) mass is 392 g/mol. The fourth-order valence-corrected chi connectivity index (χ4v) is 3.89. The number of hydrogen-bond acceptors (Lipinski definition) is 3. The number of carbonyl (C=O) groups excluding carboxylic acids is 1. The zero-order valence-electron chi connectivity index (χ0n) is 14.5. The Bertz CT molecular complexity index is 740. The third-order valence-corrected chi connectivity index (χ3v) is 5.40. The molecule has 2 N–H and O–H groups in total. The van der Waals surface area contributed by atoms with Gasteiger partial charge in [0, 0.05) is 31.4 Å². The largest absolute Gasteiger partial charge is 0.370 e. The van der Waals surface area contributed by atoms with E-state index in [1.807, 2.05) is 26.2 Å². The molecule has 0 aliphatic carbocycles. The maximum atomic E-state index is 12.2. The normalized spacial score (nSPS) is 18.4. The molecule has 6 heteroatoms. The lowest BCUT2D eigenvalue weighted by atomic mass is 9.95. The van der Waals surface area contributed by atoms with Gasteiger partial charge >= 0.3 is 0 Å². The molecule has 2 aromatic heterocycles. The number of nitrogens with zero attached hydrogens (tertiary/aromatic N) is 2. The van der Waals surface area contributed by atoms with Crippen molar-refractivity contribution in [3.63, 3.8) is 0 Å². The quantitative estimate of drug-likeness (QED) is 0.802. The van der Waals surface area contributed by atoms with Crippen molar-refractivity contribution >= 4 is 44.2 Å². The first-order valence-electron chi connectivity index (χ1n) is 8.72. The van der Waals surface area contributed by atoms with Crippen molar-refractivity contribution in [1.82, 2.24) is 9.97 Å². The lowest BCUT2D eigenvalue weighted by Gasteiger charge is -2.35. The Hall–Kier alpha value is -1.56. The third-order valence-electron chi connectivity index (χ3n) is 4.82. The first kappa shape index (κ1) is 17.3. The molecular formula is C18H25BrN4O. The van der Waals surface area contributed by atoms with Crippen molar-refractivity contribution in [3.8, 4) is 0 Å². The van der Waals surface area contributed by atoms with Crippen LogP contribution in [0.2, 0.25) is 0 Å². The van der Waals surface area contributed by atoms with E-state index in [1.54, 1.807) is 0 Å². The van der Waals surface area contributed by atoms with E-state index in [1.165, 1.54) is 19.3 Å². The van der Waals surface area contributed by atoms with Crippen LogP contribution >= 0.6 is 15.9 Å². The lowest BCUT2D eigenvalue weighted by molar-refractivity contribution is -0.118. The van der Waals surface area contributed by atoms with Crippen LogP contribution in [0.1, 0.15) is 40.0 Å². The van der Waals surface area contributed by atoms with Crippen molar-refractivity contribution in [2.75, 3.05) is 23.3 Å². The number of nitrogens with one attached hydrogen (secondary N) is 2. The van der Waals surface area contributed by atoms with Crippen LogP contribution in [-0.4, -0.2) is 29.0 Å². The van der Waals surface area contributed by atoms with Crippen molar-refractivity contribution in [2.24, 2.45) is 11.8 Å². The van der Waals surface area contributed by atoms with Crippen molar-refractivity contribution < 1.29 is 4.79 Å². The number of pyridine rings is 1. The highest BCUT2D eigenvalue weighted by molar-refractivity contribution is 9.10. The molecule has 0 bridgehead atoms. The van der Waals surface area contributed by atoms with Crippen LogP contribution in [0.15, 0.2) is 16.9 Å². The molecule has 24 heavy (non-hydrogen) atoms. The van der Waals surface area contributed by atoms with E-state index in [-0.39, 0.29) is 11.8 Å². The first-order chi connectivity index (χ1) is 11.5.